The molecule has 2 aliphatic rings. The molecular weight excluding hydrogens is 473 g/mol. The van der Waals surface area contributed by atoms with Gasteiger partial charge in [0.05, 0.1) is 30.5 Å². The van der Waals surface area contributed by atoms with Crippen LogP contribution in [0.2, 0.25) is 0 Å². The number of hydrogen-bond acceptors (Lipinski definition) is 8. The fourth-order valence-corrected chi connectivity index (χ4v) is 3.90. The number of piperazine rings is 1. The molecular formula is C20H20FN5O7S. The largest absolute Gasteiger partial charge is 0.442 e. The van der Waals surface area contributed by atoms with Gasteiger partial charge in [0.25, 0.3) is 11.1 Å². The van der Waals surface area contributed by atoms with E-state index in [9.17, 15) is 28.9 Å². The highest BCUT2D eigenvalue weighted by Gasteiger charge is 2.33. The summed E-state index contributed by atoms with van der Waals surface area (Å²) in [5, 5.41) is 12.6. The van der Waals surface area contributed by atoms with Crippen LogP contribution in [0.25, 0.3) is 0 Å². The third kappa shape index (κ3) is 4.90. The Balaban J connectivity index is 1.36. The molecule has 0 bridgehead atoms. The number of nitrogens with zero attached hydrogens (tertiary/aromatic N) is 4. The van der Waals surface area contributed by atoms with E-state index >= 15 is 0 Å². The van der Waals surface area contributed by atoms with Crippen molar-refractivity contribution < 1.29 is 32.9 Å². The van der Waals surface area contributed by atoms with Gasteiger partial charge >= 0.3 is 12.0 Å². The number of hydrogen-bond donors (Lipinski definition) is 2. The van der Waals surface area contributed by atoms with E-state index < -0.39 is 40.0 Å². The highest BCUT2D eigenvalue weighted by atomic mass is 32.1. The lowest BCUT2D eigenvalue weighted by molar-refractivity contribution is -0.402. The van der Waals surface area contributed by atoms with Gasteiger partial charge in [-0.1, -0.05) is 12.6 Å². The summed E-state index contributed by atoms with van der Waals surface area (Å²) in [6.07, 6.45) is -1.22. The Bertz CT molecular complexity index is 1130. The predicted octanol–water partition coefficient (Wildman–Crippen LogP) is 2.25. The molecule has 2 aromatic rings. The van der Waals surface area contributed by atoms with Crippen molar-refractivity contribution in [2.24, 2.45) is 0 Å². The van der Waals surface area contributed by atoms with Crippen molar-refractivity contribution in [1.29, 1.82) is 0 Å². The average Bonchev–Trinajstić information content (AvgIpc) is 3.44. The summed E-state index contributed by atoms with van der Waals surface area (Å²) in [7, 11) is 0. The summed E-state index contributed by atoms with van der Waals surface area (Å²) < 4.78 is 25.1. The molecule has 2 fully saturated rings. The predicted molar refractivity (Wildman–Crippen MR) is 120 cm³/mol. The molecule has 14 heteroatoms. The van der Waals surface area contributed by atoms with E-state index in [0.29, 0.717) is 24.5 Å². The maximum absolute atomic E-state index is 14.9. The quantitative estimate of drug-likeness (QED) is 0.355. The van der Waals surface area contributed by atoms with E-state index in [1.807, 2.05) is 0 Å². The molecule has 2 saturated heterocycles. The molecule has 12 nitrogen and oxygen atoms in total. The first kappa shape index (κ1) is 23.4. The van der Waals surface area contributed by atoms with Crippen LogP contribution in [-0.2, 0) is 4.74 Å². The van der Waals surface area contributed by atoms with Gasteiger partial charge in [-0.3, -0.25) is 24.6 Å². The first-order chi connectivity index (χ1) is 16.2. The smallest absolute Gasteiger partial charge is 0.433 e. The van der Waals surface area contributed by atoms with Crippen LogP contribution >= 0.6 is 12.6 Å². The van der Waals surface area contributed by atoms with Crippen molar-refractivity contribution >= 4 is 47.1 Å². The average molecular weight is 493 g/mol. The van der Waals surface area contributed by atoms with Crippen molar-refractivity contribution in [3.8, 4) is 0 Å². The summed E-state index contributed by atoms with van der Waals surface area (Å²) in [5.41, 5.74) is 0.634. The zero-order valence-corrected chi connectivity index (χ0v) is 18.6. The number of benzene rings is 1. The Morgan fingerprint density at radius 2 is 1.94 bits per heavy atom. The number of nitro groups is 1. The monoisotopic (exact) mass is 493 g/mol. The number of carbonyl (C=O) groups is 3. The van der Waals surface area contributed by atoms with Crippen LogP contribution in [0, 0.1) is 15.9 Å². The van der Waals surface area contributed by atoms with Crippen molar-refractivity contribution in [2.75, 3.05) is 49.1 Å². The van der Waals surface area contributed by atoms with Crippen LogP contribution in [0.3, 0.4) is 0 Å². The maximum Gasteiger partial charge on any atom is 0.433 e. The number of amides is 3. The van der Waals surface area contributed by atoms with Gasteiger partial charge in [-0.2, -0.15) is 0 Å². The number of ether oxygens (including phenoxy) is 1. The molecule has 1 aromatic heterocycles. The lowest BCUT2D eigenvalue weighted by atomic mass is 10.2. The minimum Gasteiger partial charge on any atom is -0.442 e. The summed E-state index contributed by atoms with van der Waals surface area (Å²) in [6.45, 7) is 1.46. The zero-order chi connectivity index (χ0) is 24.4. The van der Waals surface area contributed by atoms with Crippen LogP contribution < -0.4 is 15.1 Å². The summed E-state index contributed by atoms with van der Waals surface area (Å²) in [6, 6.07) is 6.75. The Labute approximate surface area is 197 Å². The van der Waals surface area contributed by atoms with E-state index in [1.165, 1.54) is 21.9 Å². The number of rotatable bonds is 6. The van der Waals surface area contributed by atoms with E-state index in [2.05, 4.69) is 17.9 Å². The van der Waals surface area contributed by atoms with Crippen LogP contribution in [-0.4, -0.2) is 72.4 Å². The molecule has 4 rings (SSSR count). The number of thiol groups is 1. The van der Waals surface area contributed by atoms with Gasteiger partial charge < -0.3 is 24.3 Å². The maximum atomic E-state index is 14.9. The van der Waals surface area contributed by atoms with E-state index in [1.54, 1.807) is 17.0 Å². The zero-order valence-electron chi connectivity index (χ0n) is 17.7. The molecule has 1 atom stereocenters. The Morgan fingerprint density at radius 3 is 2.56 bits per heavy atom. The van der Waals surface area contributed by atoms with Crippen LogP contribution in [0.15, 0.2) is 34.7 Å². The standard InChI is InChI=1S/C20H20FN5O7S/c21-14-9-12(25-11-13(32-20(25)29)10-22-19(28)34)1-2-15(14)23-5-7-24(8-6-23)18(27)16-3-4-17(33-16)26(30)31/h1-4,9,13H,5-8,10-11H2,(H2,22,28,34). The molecule has 0 aliphatic carbocycles. The number of nitrogens with one attached hydrogen (secondary N) is 1. The van der Waals surface area contributed by atoms with Gasteiger partial charge in [-0.15, -0.1) is 0 Å². The molecule has 0 saturated carbocycles. The Kier molecular flexibility index (Phi) is 6.58. The summed E-state index contributed by atoms with van der Waals surface area (Å²) in [5.74, 6) is -1.65. The fourth-order valence-electron chi connectivity index (χ4n) is 3.81. The third-order valence-corrected chi connectivity index (χ3v) is 5.65. The van der Waals surface area contributed by atoms with Crippen molar-refractivity contribution in [3.05, 3.63) is 52.0 Å². The first-order valence-corrected chi connectivity index (χ1v) is 10.7. The second-order valence-corrected chi connectivity index (χ2v) is 8.02. The molecule has 0 radical (unpaired) electrons. The second kappa shape index (κ2) is 9.59. The van der Waals surface area contributed by atoms with Gasteiger partial charge in [0.2, 0.25) is 0 Å². The van der Waals surface area contributed by atoms with Crippen LogP contribution in [0.5, 0.6) is 0 Å². The van der Waals surface area contributed by atoms with Crippen molar-refractivity contribution in [3.63, 3.8) is 0 Å². The van der Waals surface area contributed by atoms with Gasteiger partial charge in [-0.05, 0) is 24.3 Å². The SMILES string of the molecule is O=C(S)NCC1CN(c2ccc(N3CCN(C(=O)c4ccc([N+](=O)[O-])o4)CC3)c(F)c2)C(=O)O1. The van der Waals surface area contributed by atoms with Crippen LogP contribution in [0.4, 0.5) is 31.2 Å². The van der Waals surface area contributed by atoms with E-state index in [0.717, 1.165) is 6.07 Å². The van der Waals surface area contributed by atoms with E-state index in [-0.39, 0.29) is 31.9 Å². The minimum atomic E-state index is -0.719. The fraction of sp³-hybridized carbons (Fsp3) is 0.350. The lowest BCUT2D eigenvalue weighted by Gasteiger charge is -2.36. The van der Waals surface area contributed by atoms with Gasteiger partial charge in [0.15, 0.2) is 5.76 Å². The normalized spacial score (nSPS) is 18.1. The number of cyclic esters (lactones) is 1. The minimum absolute atomic E-state index is 0.0967. The Morgan fingerprint density at radius 1 is 1.21 bits per heavy atom. The van der Waals surface area contributed by atoms with Gasteiger partial charge in [0, 0.05) is 26.2 Å². The third-order valence-electron chi connectivity index (χ3n) is 5.49. The van der Waals surface area contributed by atoms with Crippen LogP contribution in [0.1, 0.15) is 10.6 Å². The lowest BCUT2D eigenvalue weighted by Crippen LogP contribution is -2.49. The van der Waals surface area contributed by atoms with E-state index in [4.69, 9.17) is 9.15 Å². The first-order valence-electron chi connectivity index (χ1n) is 10.3. The summed E-state index contributed by atoms with van der Waals surface area (Å²) >= 11 is 3.60. The number of furan rings is 1. The van der Waals surface area contributed by atoms with Gasteiger partial charge in [0.1, 0.15) is 16.8 Å². The molecule has 180 valence electrons. The molecule has 34 heavy (non-hydrogen) atoms. The molecule has 2 aliphatic heterocycles. The van der Waals surface area contributed by atoms with Crippen molar-refractivity contribution in [2.45, 2.75) is 6.10 Å². The van der Waals surface area contributed by atoms with Gasteiger partial charge in [-0.25, -0.2) is 9.18 Å². The molecule has 3 amide bonds. The molecule has 1 unspecified atom stereocenters. The Hall–Kier alpha value is -3.81. The summed E-state index contributed by atoms with van der Waals surface area (Å²) in [4.78, 5) is 50.1. The highest BCUT2D eigenvalue weighted by Crippen LogP contribution is 2.29. The molecule has 1 N–H and O–H groups in total. The second-order valence-electron chi connectivity index (χ2n) is 7.61. The molecule has 0 spiro atoms. The number of anilines is 2. The van der Waals surface area contributed by atoms with Crippen molar-refractivity contribution in [1.82, 2.24) is 10.2 Å². The molecule has 1 aromatic carbocycles. The topological polar surface area (TPSA) is 138 Å². The molecule has 3 heterocycles. The highest BCUT2D eigenvalue weighted by molar-refractivity contribution is 7.96. The number of carbonyl (C=O) groups excluding carboxylic acids is 3. The number of halogens is 1.